The quantitative estimate of drug-likeness (QED) is 0.118. The smallest absolute Gasteiger partial charge is 0.155 e. The summed E-state index contributed by atoms with van der Waals surface area (Å²) in [7, 11) is 0. The second kappa shape index (κ2) is 10.5. The van der Waals surface area contributed by atoms with Crippen LogP contribution in [0, 0.1) is 12.0 Å². The molecule has 5 heteroatoms. The first kappa shape index (κ1) is 27.8. The molecule has 1 radical (unpaired) electrons. The van der Waals surface area contributed by atoms with Crippen LogP contribution < -0.4 is 0 Å². The maximum Gasteiger partial charge on any atom is 0.155 e. The van der Waals surface area contributed by atoms with E-state index < -0.39 is 0 Å². The second-order valence-electron chi connectivity index (χ2n) is 10.9. The van der Waals surface area contributed by atoms with Gasteiger partial charge in [-0.15, -0.1) is 17.7 Å². The van der Waals surface area contributed by atoms with Crippen LogP contribution >= 0.6 is 0 Å². The molecule has 0 saturated carbocycles. The average molecular weight is 683 g/mol. The Hall–Kier alpha value is -3.27. The Kier molecular flexibility index (Phi) is 7.65. The molecule has 2 aromatic heterocycles. The number of furan rings is 1. The average Bonchev–Trinajstić information content (AvgIpc) is 3.19. The van der Waals surface area contributed by atoms with Crippen molar-refractivity contribution in [1.29, 1.82) is 0 Å². The van der Waals surface area contributed by atoms with Crippen LogP contribution in [0.15, 0.2) is 71.0 Å². The van der Waals surface area contributed by atoms with E-state index in [4.69, 9.17) is 14.5 Å². The molecule has 197 valence electrons. The fourth-order valence-corrected chi connectivity index (χ4v) is 5.64. The van der Waals surface area contributed by atoms with Gasteiger partial charge in [0.25, 0.3) is 0 Å². The van der Waals surface area contributed by atoms with Crippen LogP contribution in [0.1, 0.15) is 58.2 Å². The van der Waals surface area contributed by atoms with Gasteiger partial charge >= 0.3 is 0 Å². The van der Waals surface area contributed by atoms with Gasteiger partial charge in [0.1, 0.15) is 5.58 Å². The molecule has 0 spiro atoms. The summed E-state index contributed by atoms with van der Waals surface area (Å²) in [4.78, 5) is 15.0. The number of benzene rings is 3. The van der Waals surface area contributed by atoms with Crippen LogP contribution in [0.3, 0.4) is 0 Å². The van der Waals surface area contributed by atoms with Gasteiger partial charge in [-0.1, -0.05) is 75.5 Å². The number of aromatic nitrogens is 1. The van der Waals surface area contributed by atoms with Gasteiger partial charge in [0.2, 0.25) is 0 Å². The summed E-state index contributed by atoms with van der Waals surface area (Å²) in [5, 5.41) is 13.2. The van der Waals surface area contributed by atoms with E-state index in [1.165, 1.54) is 52.8 Å². The minimum absolute atomic E-state index is 0. The molecule has 3 aromatic carbocycles. The van der Waals surface area contributed by atoms with E-state index >= 15 is 0 Å². The minimum atomic E-state index is -0.221. The Balaban J connectivity index is 0.000000375. The Bertz CT molecular complexity index is 1700. The summed E-state index contributed by atoms with van der Waals surface area (Å²) in [6.45, 7) is 12.0. The predicted molar refractivity (Wildman–Crippen MR) is 151 cm³/mol. The topological polar surface area (TPSA) is 63.3 Å². The number of fused-ring (bicyclic) bond motifs is 4. The molecule has 0 amide bonds. The van der Waals surface area contributed by atoms with Crippen LogP contribution in [-0.2, 0) is 36.7 Å². The van der Waals surface area contributed by atoms with Crippen molar-refractivity contribution in [1.82, 2.24) is 4.98 Å². The fourth-order valence-electron chi connectivity index (χ4n) is 5.64. The predicted octanol–water partition coefficient (Wildman–Crippen LogP) is 8.47. The van der Waals surface area contributed by atoms with E-state index in [1.54, 1.807) is 0 Å². The minimum Gasteiger partial charge on any atom is -0.512 e. The third kappa shape index (κ3) is 4.70. The molecule has 1 N–H and O–H groups in total. The molecule has 0 unspecified atom stereocenters. The first-order valence-corrected chi connectivity index (χ1v) is 12.7. The molecule has 0 atom stereocenters. The van der Waals surface area contributed by atoms with Crippen molar-refractivity contribution in [3.63, 3.8) is 0 Å². The summed E-state index contributed by atoms with van der Waals surface area (Å²) in [6.07, 6.45) is 4.17. The van der Waals surface area contributed by atoms with Crippen LogP contribution in [-0.4, -0.2) is 15.9 Å². The number of pyridine rings is 1. The molecule has 1 aliphatic rings. The molecular formula is C33H32IrNO3-. The van der Waals surface area contributed by atoms with Gasteiger partial charge < -0.3 is 14.5 Å². The number of hydrogen-bond donors (Lipinski definition) is 1. The number of carbonyl (C=O) groups is 1. The van der Waals surface area contributed by atoms with Crippen molar-refractivity contribution < 1.29 is 34.4 Å². The number of hydrogen-bond acceptors (Lipinski definition) is 4. The monoisotopic (exact) mass is 683 g/mol. The van der Waals surface area contributed by atoms with Gasteiger partial charge in [-0.25, -0.2) is 0 Å². The van der Waals surface area contributed by atoms with Crippen molar-refractivity contribution in [3.8, 4) is 11.3 Å². The van der Waals surface area contributed by atoms with Crippen LogP contribution in [0.2, 0.25) is 0 Å². The molecule has 0 aliphatic heterocycles. The van der Waals surface area contributed by atoms with Crippen LogP contribution in [0.25, 0.3) is 44.0 Å². The van der Waals surface area contributed by atoms with Crippen molar-refractivity contribution in [2.45, 2.75) is 53.4 Å². The van der Waals surface area contributed by atoms with Gasteiger partial charge in [-0.3, -0.25) is 4.79 Å². The number of allylic oxidation sites excluding steroid dienone is 2. The molecule has 1 aliphatic carbocycles. The number of nitrogens with zero attached hydrogens (tertiary/aromatic N) is 1. The Morgan fingerprint density at radius 2 is 1.84 bits per heavy atom. The van der Waals surface area contributed by atoms with E-state index in [9.17, 15) is 4.79 Å². The van der Waals surface area contributed by atoms with Crippen LogP contribution in [0.5, 0.6) is 0 Å². The molecule has 0 saturated heterocycles. The second-order valence-corrected chi connectivity index (χ2v) is 10.9. The molecule has 38 heavy (non-hydrogen) atoms. The molecule has 0 fully saturated rings. The standard InChI is InChI=1S/C28H24NO.C5H8O2.Ir/c1-16(2)14-17-12-13-21-24-23-20(10-7-11-22(23)30-27(17)24)26-25(28(21,3)4)19-9-6-5-8-18(19)15-29-26;1-4(6)3-5(2)7;/h5-9,11-13,15-16H,14H2,1-4H3;3,6H,1-2H3;/q-1;;/b;4-3-;. The molecule has 4 nitrogen and oxygen atoms in total. The van der Waals surface area contributed by atoms with Gasteiger partial charge in [0.15, 0.2) is 5.78 Å². The number of ketones is 1. The van der Waals surface area contributed by atoms with Gasteiger partial charge in [-0.2, -0.15) is 0 Å². The zero-order valence-electron chi connectivity index (χ0n) is 22.6. The van der Waals surface area contributed by atoms with Crippen LogP contribution in [0.4, 0.5) is 0 Å². The normalized spacial score (nSPS) is 13.7. The third-order valence-corrected chi connectivity index (χ3v) is 7.04. The summed E-state index contributed by atoms with van der Waals surface area (Å²) in [5.41, 5.74) is 7.68. The first-order valence-electron chi connectivity index (χ1n) is 12.7. The summed E-state index contributed by atoms with van der Waals surface area (Å²) >= 11 is 0. The summed E-state index contributed by atoms with van der Waals surface area (Å²) in [6, 6.07) is 20.7. The van der Waals surface area contributed by atoms with Gasteiger partial charge in [-0.05, 0) is 64.7 Å². The van der Waals surface area contributed by atoms with Crippen molar-refractivity contribution in [3.05, 3.63) is 89.3 Å². The Morgan fingerprint density at radius 3 is 2.50 bits per heavy atom. The third-order valence-electron chi connectivity index (χ3n) is 7.04. The number of rotatable bonds is 3. The van der Waals surface area contributed by atoms with Crippen molar-refractivity contribution in [2.75, 3.05) is 0 Å². The van der Waals surface area contributed by atoms with E-state index in [1.807, 2.05) is 18.3 Å². The largest absolute Gasteiger partial charge is 0.512 e. The molecule has 0 bridgehead atoms. The van der Waals surface area contributed by atoms with Gasteiger partial charge in [0.05, 0.1) is 11.3 Å². The maximum absolute atomic E-state index is 10.0. The Morgan fingerprint density at radius 1 is 1.11 bits per heavy atom. The maximum atomic E-state index is 10.0. The first-order chi connectivity index (χ1) is 17.6. The molecule has 5 aromatic rings. The van der Waals surface area contributed by atoms with E-state index in [0.717, 1.165) is 34.2 Å². The molecular weight excluding hydrogens is 651 g/mol. The van der Waals surface area contributed by atoms with E-state index in [2.05, 4.69) is 70.2 Å². The summed E-state index contributed by atoms with van der Waals surface area (Å²) < 4.78 is 6.49. The van der Waals surface area contributed by atoms with Crippen molar-refractivity contribution >= 4 is 38.5 Å². The van der Waals surface area contributed by atoms with E-state index in [-0.39, 0.29) is 37.1 Å². The number of carbonyl (C=O) groups excluding carboxylic acids is 1. The number of aliphatic hydroxyl groups is 1. The Labute approximate surface area is 237 Å². The fraction of sp³-hybridized carbons (Fsp3) is 0.273. The zero-order chi connectivity index (χ0) is 26.5. The molecule has 2 heterocycles. The molecule has 6 rings (SSSR count). The van der Waals surface area contributed by atoms with Crippen molar-refractivity contribution in [2.24, 2.45) is 5.92 Å². The zero-order valence-corrected chi connectivity index (χ0v) is 25.0. The van der Waals surface area contributed by atoms with Gasteiger partial charge in [0, 0.05) is 37.8 Å². The van der Waals surface area contributed by atoms with E-state index in [0.29, 0.717) is 5.92 Å². The number of aliphatic hydroxyl groups excluding tert-OH is 1. The SMILES string of the molecule is CC(=O)/C=C(/C)O.CC(C)Cc1ccc2c3c1oc1cc[c-]c(c13)-c1ncc3ccccc3c1C2(C)C.[Ir]. The summed E-state index contributed by atoms with van der Waals surface area (Å²) in [5.74, 6) is 0.506.